The lowest BCUT2D eigenvalue weighted by atomic mass is 10.1. The van der Waals surface area contributed by atoms with E-state index in [1.54, 1.807) is 43.4 Å². The minimum absolute atomic E-state index is 0.0802. The Morgan fingerprint density at radius 2 is 1.97 bits per heavy atom. The highest BCUT2D eigenvalue weighted by Crippen LogP contribution is 2.15. The van der Waals surface area contributed by atoms with Crippen molar-refractivity contribution in [2.75, 3.05) is 25.5 Å². The molecule has 0 radical (unpaired) electrons. The van der Waals surface area contributed by atoms with Gasteiger partial charge in [-0.1, -0.05) is 24.1 Å². The second-order valence-corrected chi connectivity index (χ2v) is 7.05. The predicted octanol–water partition coefficient (Wildman–Crippen LogP) is 2.50. The minimum Gasteiger partial charge on any atom is -0.338 e. The second kappa shape index (κ2) is 9.07. The first kappa shape index (κ1) is 20.2. The zero-order valence-electron chi connectivity index (χ0n) is 16.4. The van der Waals surface area contributed by atoms with E-state index in [1.807, 2.05) is 17.0 Å². The number of terminal acetylenes is 1. The van der Waals surface area contributed by atoms with E-state index in [0.717, 1.165) is 18.5 Å². The van der Waals surface area contributed by atoms with Crippen molar-refractivity contribution in [2.24, 2.45) is 0 Å². The van der Waals surface area contributed by atoms with Gasteiger partial charge >= 0.3 is 0 Å². The van der Waals surface area contributed by atoms with Gasteiger partial charge in [-0.05, 0) is 42.3 Å². The number of hydrogen-bond acceptors (Lipinski definition) is 3. The van der Waals surface area contributed by atoms with Crippen molar-refractivity contribution >= 4 is 23.4 Å². The molecule has 0 bridgehead atoms. The lowest BCUT2D eigenvalue weighted by Crippen LogP contribution is -2.35. The molecule has 0 aromatic heterocycles. The van der Waals surface area contributed by atoms with Crippen LogP contribution in [0.4, 0.5) is 5.69 Å². The lowest BCUT2D eigenvalue weighted by Gasteiger charge is -2.18. The first-order chi connectivity index (χ1) is 14.0. The Hall–Kier alpha value is -3.59. The van der Waals surface area contributed by atoms with E-state index in [0.29, 0.717) is 29.8 Å². The normalized spacial score (nSPS) is 13.1. The molecule has 6 nitrogen and oxygen atoms in total. The fraction of sp³-hybridized carbons (Fsp3) is 0.261. The summed E-state index contributed by atoms with van der Waals surface area (Å²) < 4.78 is 0. The van der Waals surface area contributed by atoms with Crippen molar-refractivity contribution in [1.82, 2.24) is 9.80 Å². The number of anilines is 1. The minimum atomic E-state index is -0.306. The van der Waals surface area contributed by atoms with Crippen molar-refractivity contribution in [3.8, 4) is 12.3 Å². The summed E-state index contributed by atoms with van der Waals surface area (Å²) in [6.45, 7) is 1.26. The molecule has 0 saturated carbocycles. The summed E-state index contributed by atoms with van der Waals surface area (Å²) >= 11 is 0. The Morgan fingerprint density at radius 3 is 2.62 bits per heavy atom. The van der Waals surface area contributed by atoms with Gasteiger partial charge in [0.05, 0.1) is 6.54 Å². The topological polar surface area (TPSA) is 69.7 Å². The van der Waals surface area contributed by atoms with Gasteiger partial charge in [0, 0.05) is 43.4 Å². The predicted molar refractivity (Wildman–Crippen MR) is 111 cm³/mol. The van der Waals surface area contributed by atoms with Crippen molar-refractivity contribution < 1.29 is 14.4 Å². The fourth-order valence-corrected chi connectivity index (χ4v) is 3.24. The molecule has 1 saturated heterocycles. The Labute approximate surface area is 170 Å². The molecular weight excluding hydrogens is 366 g/mol. The molecule has 0 atom stereocenters. The van der Waals surface area contributed by atoms with Crippen molar-refractivity contribution in [1.29, 1.82) is 0 Å². The van der Waals surface area contributed by atoms with E-state index in [2.05, 4.69) is 11.2 Å². The zero-order chi connectivity index (χ0) is 20.8. The number of benzene rings is 2. The van der Waals surface area contributed by atoms with Crippen LogP contribution in [0.1, 0.15) is 34.3 Å². The van der Waals surface area contributed by atoms with Crippen LogP contribution in [0.25, 0.3) is 0 Å². The van der Waals surface area contributed by atoms with Gasteiger partial charge in [-0.2, -0.15) is 0 Å². The van der Waals surface area contributed by atoms with Gasteiger partial charge in [-0.25, -0.2) is 0 Å². The number of amides is 3. The van der Waals surface area contributed by atoms with Crippen LogP contribution < -0.4 is 5.32 Å². The molecule has 1 aliphatic heterocycles. The largest absolute Gasteiger partial charge is 0.338 e. The summed E-state index contributed by atoms with van der Waals surface area (Å²) in [5.74, 6) is 2.13. The van der Waals surface area contributed by atoms with E-state index in [-0.39, 0.29) is 24.3 Å². The molecule has 1 aliphatic rings. The van der Waals surface area contributed by atoms with Crippen molar-refractivity contribution in [3.05, 3.63) is 65.2 Å². The van der Waals surface area contributed by atoms with Crippen LogP contribution in [-0.4, -0.2) is 47.7 Å². The number of nitrogens with one attached hydrogen (secondary N) is 1. The molecule has 1 N–H and O–H groups in total. The Bertz CT molecular complexity index is 960. The second-order valence-electron chi connectivity index (χ2n) is 7.05. The number of rotatable bonds is 6. The number of likely N-dealkylation sites (N-methyl/N-ethyl adjacent to an activating group) is 1. The monoisotopic (exact) mass is 389 g/mol. The molecule has 3 amide bonds. The molecule has 6 heteroatoms. The third-order valence-corrected chi connectivity index (χ3v) is 4.79. The zero-order valence-corrected chi connectivity index (χ0v) is 16.4. The highest BCUT2D eigenvalue weighted by atomic mass is 16.2. The molecule has 0 unspecified atom stereocenters. The molecule has 0 spiro atoms. The molecule has 3 rings (SSSR count). The first-order valence-corrected chi connectivity index (χ1v) is 9.45. The summed E-state index contributed by atoms with van der Waals surface area (Å²) in [6.07, 6.45) is 6.87. The molecule has 2 aromatic rings. The summed E-state index contributed by atoms with van der Waals surface area (Å²) in [5, 5.41) is 2.74. The Balaban J connectivity index is 1.55. The average Bonchev–Trinajstić information content (AvgIpc) is 3.12. The Kier molecular flexibility index (Phi) is 6.30. The van der Waals surface area contributed by atoms with E-state index in [9.17, 15) is 14.4 Å². The molecular formula is C23H23N3O3. The van der Waals surface area contributed by atoms with Gasteiger partial charge in [0.2, 0.25) is 11.8 Å². The summed E-state index contributed by atoms with van der Waals surface area (Å²) in [6, 6.07) is 14.1. The number of carbonyl (C=O) groups is 3. The van der Waals surface area contributed by atoms with E-state index in [1.165, 1.54) is 4.90 Å². The molecule has 148 valence electrons. The maximum Gasteiger partial charge on any atom is 0.254 e. The molecule has 0 aliphatic carbocycles. The Morgan fingerprint density at radius 1 is 1.21 bits per heavy atom. The van der Waals surface area contributed by atoms with Gasteiger partial charge < -0.3 is 15.1 Å². The highest BCUT2D eigenvalue weighted by Gasteiger charge is 2.20. The van der Waals surface area contributed by atoms with Gasteiger partial charge in [0.15, 0.2) is 0 Å². The number of nitrogens with zero attached hydrogens (tertiary/aromatic N) is 2. The SMILES string of the molecule is C#Cc1cccc(NC(=O)CN(C)C(=O)c2ccc(CN3CCCC3=O)cc2)c1. The standard InChI is InChI=1S/C23H23N3O3/c1-3-17-6-4-7-20(14-17)24-21(27)16-25(2)23(29)19-11-9-18(10-12-19)15-26-13-5-8-22(26)28/h1,4,6-7,9-12,14H,5,8,13,15-16H2,2H3,(H,24,27). The molecule has 1 fully saturated rings. The van der Waals surface area contributed by atoms with Gasteiger partial charge in [0.25, 0.3) is 5.91 Å². The molecule has 1 heterocycles. The fourth-order valence-electron chi connectivity index (χ4n) is 3.24. The van der Waals surface area contributed by atoms with E-state index in [4.69, 9.17) is 6.42 Å². The summed E-state index contributed by atoms with van der Waals surface area (Å²) in [5.41, 5.74) is 2.73. The third kappa shape index (κ3) is 5.23. The van der Waals surface area contributed by atoms with Crippen LogP contribution in [0.3, 0.4) is 0 Å². The van der Waals surface area contributed by atoms with Gasteiger partial charge in [-0.3, -0.25) is 14.4 Å². The maximum absolute atomic E-state index is 12.6. The molecule has 2 aromatic carbocycles. The smallest absolute Gasteiger partial charge is 0.254 e. The maximum atomic E-state index is 12.6. The van der Waals surface area contributed by atoms with E-state index >= 15 is 0 Å². The van der Waals surface area contributed by atoms with Gasteiger partial charge in [-0.15, -0.1) is 6.42 Å². The van der Waals surface area contributed by atoms with Gasteiger partial charge in [0.1, 0.15) is 0 Å². The quantitative estimate of drug-likeness (QED) is 0.772. The van der Waals surface area contributed by atoms with Crippen molar-refractivity contribution in [3.63, 3.8) is 0 Å². The summed E-state index contributed by atoms with van der Waals surface area (Å²) in [4.78, 5) is 39.8. The van der Waals surface area contributed by atoms with Crippen LogP contribution in [0.2, 0.25) is 0 Å². The summed E-state index contributed by atoms with van der Waals surface area (Å²) in [7, 11) is 1.58. The van der Waals surface area contributed by atoms with Crippen LogP contribution in [0, 0.1) is 12.3 Å². The van der Waals surface area contributed by atoms with Crippen molar-refractivity contribution in [2.45, 2.75) is 19.4 Å². The average molecular weight is 389 g/mol. The van der Waals surface area contributed by atoms with Crippen LogP contribution in [-0.2, 0) is 16.1 Å². The lowest BCUT2D eigenvalue weighted by molar-refractivity contribution is -0.128. The van der Waals surface area contributed by atoms with Crippen LogP contribution in [0.5, 0.6) is 0 Å². The number of likely N-dealkylation sites (tertiary alicyclic amines) is 1. The number of hydrogen-bond donors (Lipinski definition) is 1. The molecule has 29 heavy (non-hydrogen) atoms. The first-order valence-electron chi connectivity index (χ1n) is 9.45. The van der Waals surface area contributed by atoms with Crippen LogP contribution >= 0.6 is 0 Å². The van der Waals surface area contributed by atoms with Crippen LogP contribution in [0.15, 0.2) is 48.5 Å². The van der Waals surface area contributed by atoms with E-state index < -0.39 is 0 Å². The highest BCUT2D eigenvalue weighted by molar-refractivity contribution is 5.99. The number of carbonyl (C=O) groups excluding carboxylic acids is 3. The third-order valence-electron chi connectivity index (χ3n) is 4.79.